The van der Waals surface area contributed by atoms with Crippen LogP contribution in [0.4, 0.5) is 5.69 Å². The van der Waals surface area contributed by atoms with Gasteiger partial charge in [0.2, 0.25) is 11.5 Å². The van der Waals surface area contributed by atoms with Crippen LogP contribution in [0.1, 0.15) is 18.7 Å². The smallest absolute Gasteiger partial charge is 0.374 e. The van der Waals surface area contributed by atoms with Crippen LogP contribution in [0, 0.1) is 0 Å². The standard InChI is InChI=1S/C41H49N4O2/c1-44(2,3)28-14-26-42-36-30-34(32-16-9-7-10-17-32)22-24-38(36)46-40(42)20-13-21-41-43(27-15-29-45(4,5)6)37-31-35(23-25-39(37)47-41)33-18-11-8-12-19-33/h7-13,16-25,30-31H,14-15,26-29H2,1-6H3/q+3. The molecule has 0 fully saturated rings. The number of quaternary nitrogens is 2. The predicted octanol–water partition coefficient (Wildman–Crippen LogP) is 8.00. The highest BCUT2D eigenvalue weighted by atomic mass is 16.5. The maximum atomic E-state index is 6.48. The van der Waals surface area contributed by atoms with Crippen LogP contribution in [0.3, 0.4) is 0 Å². The van der Waals surface area contributed by atoms with Crippen LogP contribution in [-0.2, 0) is 6.54 Å². The molecule has 1 aliphatic heterocycles. The average molecular weight is 630 g/mol. The van der Waals surface area contributed by atoms with Gasteiger partial charge in [-0.15, -0.1) is 0 Å². The first-order valence-corrected chi connectivity index (χ1v) is 16.7. The zero-order valence-electron chi connectivity index (χ0n) is 28.8. The van der Waals surface area contributed by atoms with E-state index in [1.54, 1.807) is 0 Å². The van der Waals surface area contributed by atoms with E-state index in [4.69, 9.17) is 9.15 Å². The highest BCUT2D eigenvalue weighted by molar-refractivity contribution is 5.79. The van der Waals surface area contributed by atoms with Gasteiger partial charge in [0.05, 0.1) is 73.6 Å². The van der Waals surface area contributed by atoms with Crippen LogP contribution >= 0.6 is 0 Å². The molecule has 1 aromatic heterocycles. The molecule has 0 atom stereocenters. The summed E-state index contributed by atoms with van der Waals surface area (Å²) in [6.45, 7) is 3.89. The fourth-order valence-electron chi connectivity index (χ4n) is 6.15. The summed E-state index contributed by atoms with van der Waals surface area (Å²) in [5.74, 6) is 2.56. The summed E-state index contributed by atoms with van der Waals surface area (Å²) in [6.07, 6.45) is 8.31. The Labute approximate surface area is 280 Å². The maximum absolute atomic E-state index is 6.48. The zero-order chi connectivity index (χ0) is 33.0. The van der Waals surface area contributed by atoms with Crippen LogP contribution in [0.5, 0.6) is 5.75 Å². The van der Waals surface area contributed by atoms with Crippen molar-refractivity contribution in [1.29, 1.82) is 0 Å². The highest BCUT2D eigenvalue weighted by Gasteiger charge is 2.27. The van der Waals surface area contributed by atoms with Crippen molar-refractivity contribution in [2.24, 2.45) is 0 Å². The summed E-state index contributed by atoms with van der Waals surface area (Å²) in [7, 11) is 13.5. The molecule has 0 saturated heterocycles. The molecule has 0 radical (unpaired) electrons. The summed E-state index contributed by atoms with van der Waals surface area (Å²) in [4.78, 5) is 2.32. The van der Waals surface area contributed by atoms with Crippen molar-refractivity contribution >= 4 is 22.9 Å². The van der Waals surface area contributed by atoms with Gasteiger partial charge in [0.25, 0.3) is 5.52 Å². The molecule has 47 heavy (non-hydrogen) atoms. The molecule has 0 amide bonds. The van der Waals surface area contributed by atoms with Crippen molar-refractivity contribution in [3.63, 3.8) is 0 Å². The van der Waals surface area contributed by atoms with Gasteiger partial charge in [-0.1, -0.05) is 72.8 Å². The number of anilines is 1. The zero-order valence-corrected chi connectivity index (χ0v) is 28.8. The van der Waals surface area contributed by atoms with E-state index in [0.717, 1.165) is 82.3 Å². The third-order valence-corrected chi connectivity index (χ3v) is 8.57. The normalized spacial score (nSPS) is 14.3. The highest BCUT2D eigenvalue weighted by Crippen LogP contribution is 2.41. The second kappa shape index (κ2) is 13.6. The lowest BCUT2D eigenvalue weighted by atomic mass is 10.0. The van der Waals surface area contributed by atoms with E-state index in [1.807, 2.05) is 0 Å². The topological polar surface area (TPSA) is 29.5 Å². The first kappa shape index (κ1) is 32.3. The molecule has 5 aromatic rings. The van der Waals surface area contributed by atoms with Crippen LogP contribution in [-0.4, -0.2) is 70.9 Å². The molecule has 0 saturated carbocycles. The lowest BCUT2D eigenvalue weighted by Gasteiger charge is -2.26. The minimum atomic E-state index is 0.835. The number of allylic oxidation sites excluding steroid dienone is 2. The van der Waals surface area contributed by atoms with Gasteiger partial charge in [0.1, 0.15) is 0 Å². The van der Waals surface area contributed by atoms with E-state index in [1.165, 1.54) is 22.3 Å². The molecule has 2 heterocycles. The number of fused-ring (bicyclic) bond motifs is 2. The minimum Gasteiger partial charge on any atom is -0.439 e. The van der Waals surface area contributed by atoms with Crippen LogP contribution in [0.2, 0.25) is 0 Å². The van der Waals surface area contributed by atoms with Gasteiger partial charge in [-0.3, -0.25) is 0 Å². The van der Waals surface area contributed by atoms with Gasteiger partial charge >= 0.3 is 5.89 Å². The van der Waals surface area contributed by atoms with Crippen molar-refractivity contribution < 1.29 is 22.7 Å². The Morgan fingerprint density at radius 1 is 0.681 bits per heavy atom. The number of oxazole rings is 1. The van der Waals surface area contributed by atoms with Crippen LogP contribution in [0.25, 0.3) is 39.4 Å². The van der Waals surface area contributed by atoms with Crippen molar-refractivity contribution in [3.8, 4) is 28.0 Å². The fraction of sp³-hybridized carbons (Fsp3) is 0.293. The number of rotatable bonds is 12. The molecule has 1 aliphatic rings. The fourth-order valence-corrected chi connectivity index (χ4v) is 6.15. The van der Waals surface area contributed by atoms with E-state index in [2.05, 4.69) is 167 Å². The van der Waals surface area contributed by atoms with Crippen molar-refractivity contribution in [2.45, 2.75) is 19.4 Å². The number of hydrogen-bond donors (Lipinski definition) is 0. The molecular formula is C41H49N4O2+3. The van der Waals surface area contributed by atoms with E-state index < -0.39 is 0 Å². The minimum absolute atomic E-state index is 0.835. The van der Waals surface area contributed by atoms with Crippen LogP contribution < -0.4 is 14.2 Å². The molecule has 6 nitrogen and oxygen atoms in total. The van der Waals surface area contributed by atoms with Gasteiger partial charge in [-0.25, -0.2) is 0 Å². The Bertz CT molecular complexity index is 1880. The molecule has 0 bridgehead atoms. The summed E-state index contributed by atoms with van der Waals surface area (Å²) >= 11 is 0. The quantitative estimate of drug-likeness (QED) is 0.103. The molecular weight excluding hydrogens is 580 g/mol. The van der Waals surface area contributed by atoms with Crippen molar-refractivity contribution in [3.05, 3.63) is 121 Å². The summed E-state index contributed by atoms with van der Waals surface area (Å²) < 4.78 is 17.1. The van der Waals surface area contributed by atoms with Crippen LogP contribution in [0.15, 0.2) is 120 Å². The van der Waals surface area contributed by atoms with Gasteiger partial charge in [-0.05, 0) is 52.6 Å². The van der Waals surface area contributed by atoms with Gasteiger partial charge < -0.3 is 23.0 Å². The molecule has 0 spiro atoms. The number of aromatic nitrogens is 1. The second-order valence-electron chi connectivity index (χ2n) is 14.5. The first-order chi connectivity index (χ1) is 22.5. The Hall–Kier alpha value is -4.65. The molecule has 0 unspecified atom stereocenters. The second-order valence-corrected chi connectivity index (χ2v) is 14.5. The Morgan fingerprint density at radius 2 is 1.30 bits per heavy atom. The summed E-state index contributed by atoms with van der Waals surface area (Å²) in [5, 5.41) is 0. The predicted molar refractivity (Wildman–Crippen MR) is 194 cm³/mol. The molecule has 0 aliphatic carbocycles. The summed E-state index contributed by atoms with van der Waals surface area (Å²) in [6, 6.07) is 34.1. The number of aryl methyl sites for hydroxylation is 1. The third-order valence-electron chi connectivity index (χ3n) is 8.57. The molecule has 0 N–H and O–H groups in total. The number of ether oxygens (including phenoxy) is 1. The summed E-state index contributed by atoms with van der Waals surface area (Å²) in [5.41, 5.74) is 7.90. The number of nitrogens with zero attached hydrogens (tertiary/aromatic N) is 4. The van der Waals surface area contributed by atoms with Gasteiger partial charge in [-0.2, -0.15) is 4.57 Å². The molecule has 6 heteroatoms. The molecule has 242 valence electrons. The first-order valence-electron chi connectivity index (χ1n) is 16.7. The monoisotopic (exact) mass is 629 g/mol. The van der Waals surface area contributed by atoms with Crippen molar-refractivity contribution in [1.82, 2.24) is 0 Å². The molecule has 6 rings (SSSR count). The average Bonchev–Trinajstić information content (AvgIpc) is 3.57. The van der Waals surface area contributed by atoms with Gasteiger partial charge in [0.15, 0.2) is 12.3 Å². The van der Waals surface area contributed by atoms with E-state index in [-0.39, 0.29) is 0 Å². The van der Waals surface area contributed by atoms with Gasteiger partial charge in [0, 0.05) is 19.0 Å². The van der Waals surface area contributed by atoms with E-state index in [0.29, 0.717) is 0 Å². The Balaban J connectivity index is 1.32. The number of benzene rings is 4. The molecule has 4 aromatic carbocycles. The van der Waals surface area contributed by atoms with Crippen molar-refractivity contribution in [2.75, 3.05) is 66.8 Å². The Kier molecular flexibility index (Phi) is 9.35. The van der Waals surface area contributed by atoms with E-state index in [9.17, 15) is 0 Å². The lowest BCUT2D eigenvalue weighted by Crippen LogP contribution is -2.40. The SMILES string of the molecule is C[N+](C)(C)CCCN1C(=CC=Cc2oc3ccc(-c4ccccc4)cc3[n+]2CCC[N+](C)(C)C)Oc2ccc(-c3ccccc3)cc21. The lowest BCUT2D eigenvalue weighted by molar-refractivity contribution is -0.873. The van der Waals surface area contributed by atoms with E-state index >= 15 is 0 Å². The largest absolute Gasteiger partial charge is 0.439 e. The maximum Gasteiger partial charge on any atom is 0.374 e. The third kappa shape index (κ3) is 8.02. The number of hydrogen-bond acceptors (Lipinski definition) is 3. The Morgan fingerprint density at radius 3 is 1.96 bits per heavy atom.